The Morgan fingerprint density at radius 3 is 2.79 bits per heavy atom. The Morgan fingerprint density at radius 1 is 1.38 bits per heavy atom. The molecular formula is C16H20N4O3S. The van der Waals surface area contributed by atoms with Crippen LogP contribution < -0.4 is 10.6 Å². The molecule has 0 bridgehead atoms. The molecule has 0 aliphatic rings. The van der Waals surface area contributed by atoms with Gasteiger partial charge in [-0.05, 0) is 24.5 Å². The van der Waals surface area contributed by atoms with Crippen molar-refractivity contribution in [3.63, 3.8) is 0 Å². The fraction of sp³-hybridized carbons (Fsp3) is 0.375. The molecular weight excluding hydrogens is 328 g/mol. The molecule has 128 valence electrons. The summed E-state index contributed by atoms with van der Waals surface area (Å²) in [5, 5.41) is 7.61. The fourth-order valence-electron chi connectivity index (χ4n) is 2.07. The van der Waals surface area contributed by atoms with E-state index in [2.05, 4.69) is 25.3 Å². The van der Waals surface area contributed by atoms with Gasteiger partial charge in [-0.3, -0.25) is 9.78 Å². The normalized spacial score (nSPS) is 11.8. The molecule has 0 radical (unpaired) electrons. The van der Waals surface area contributed by atoms with Crippen LogP contribution in [0.1, 0.15) is 20.3 Å². The number of thiazole rings is 1. The van der Waals surface area contributed by atoms with Crippen molar-refractivity contribution in [2.75, 3.05) is 12.4 Å². The molecule has 7 nitrogen and oxygen atoms in total. The predicted octanol–water partition coefficient (Wildman–Crippen LogP) is 2.91. The highest BCUT2D eigenvalue weighted by atomic mass is 32.1. The number of methoxy groups -OCH3 is 1. The van der Waals surface area contributed by atoms with Gasteiger partial charge in [-0.25, -0.2) is 9.78 Å². The summed E-state index contributed by atoms with van der Waals surface area (Å²) in [6.45, 7) is 3.95. The second kappa shape index (κ2) is 8.39. The fourth-order valence-corrected chi connectivity index (χ4v) is 2.80. The third kappa shape index (κ3) is 5.02. The van der Waals surface area contributed by atoms with Crippen molar-refractivity contribution in [2.45, 2.75) is 26.3 Å². The molecule has 0 aliphatic carbocycles. The van der Waals surface area contributed by atoms with Crippen LogP contribution in [-0.4, -0.2) is 35.1 Å². The minimum atomic E-state index is -0.678. The monoisotopic (exact) mass is 348 g/mol. The van der Waals surface area contributed by atoms with Crippen molar-refractivity contribution in [3.8, 4) is 11.3 Å². The minimum Gasteiger partial charge on any atom is -0.453 e. The third-order valence-electron chi connectivity index (χ3n) is 3.19. The molecule has 0 saturated carbocycles. The van der Waals surface area contributed by atoms with Gasteiger partial charge in [0, 0.05) is 23.3 Å². The van der Waals surface area contributed by atoms with E-state index in [0.717, 1.165) is 11.3 Å². The van der Waals surface area contributed by atoms with E-state index in [4.69, 9.17) is 0 Å². The van der Waals surface area contributed by atoms with Gasteiger partial charge in [0.25, 0.3) is 0 Å². The molecule has 0 aromatic carbocycles. The molecule has 1 atom stereocenters. The van der Waals surface area contributed by atoms with Crippen LogP contribution >= 0.6 is 11.3 Å². The molecule has 0 spiro atoms. The average molecular weight is 348 g/mol. The van der Waals surface area contributed by atoms with Crippen molar-refractivity contribution >= 4 is 28.5 Å². The molecule has 2 aromatic heterocycles. The SMILES string of the molecule is COC(=O)N[C@@H](CC(C)C)C(=O)Nc1nc(-c2cccnc2)cs1. The van der Waals surface area contributed by atoms with Gasteiger partial charge in [-0.15, -0.1) is 11.3 Å². The number of rotatable bonds is 6. The first-order chi connectivity index (χ1) is 11.5. The Morgan fingerprint density at radius 2 is 2.17 bits per heavy atom. The van der Waals surface area contributed by atoms with E-state index in [9.17, 15) is 9.59 Å². The van der Waals surface area contributed by atoms with Gasteiger partial charge in [0.1, 0.15) is 6.04 Å². The summed E-state index contributed by atoms with van der Waals surface area (Å²) in [7, 11) is 1.26. The molecule has 0 fully saturated rings. The first kappa shape index (κ1) is 17.9. The number of nitrogens with zero attached hydrogens (tertiary/aromatic N) is 2. The van der Waals surface area contributed by atoms with Crippen LogP contribution in [0, 0.1) is 5.92 Å². The topological polar surface area (TPSA) is 93.2 Å². The van der Waals surface area contributed by atoms with Crippen molar-refractivity contribution in [2.24, 2.45) is 5.92 Å². The number of amides is 2. The van der Waals surface area contributed by atoms with Crippen LogP contribution in [0.5, 0.6) is 0 Å². The van der Waals surface area contributed by atoms with E-state index < -0.39 is 12.1 Å². The lowest BCUT2D eigenvalue weighted by atomic mass is 10.0. The van der Waals surface area contributed by atoms with Crippen LogP contribution in [0.25, 0.3) is 11.3 Å². The van der Waals surface area contributed by atoms with Crippen molar-refractivity contribution in [1.82, 2.24) is 15.3 Å². The number of aromatic nitrogens is 2. The highest BCUT2D eigenvalue weighted by Crippen LogP contribution is 2.24. The van der Waals surface area contributed by atoms with E-state index in [1.165, 1.54) is 18.4 Å². The Kier molecular flexibility index (Phi) is 6.25. The van der Waals surface area contributed by atoms with Gasteiger partial charge in [-0.1, -0.05) is 13.8 Å². The van der Waals surface area contributed by atoms with Crippen LogP contribution in [0.2, 0.25) is 0 Å². The number of pyridine rings is 1. The number of ether oxygens (including phenoxy) is 1. The molecule has 2 heterocycles. The van der Waals surface area contributed by atoms with Crippen molar-refractivity contribution in [3.05, 3.63) is 29.9 Å². The van der Waals surface area contributed by atoms with Crippen molar-refractivity contribution < 1.29 is 14.3 Å². The number of hydrogen-bond donors (Lipinski definition) is 2. The van der Waals surface area contributed by atoms with Crippen LogP contribution in [-0.2, 0) is 9.53 Å². The molecule has 0 unspecified atom stereocenters. The zero-order valence-corrected chi connectivity index (χ0v) is 14.6. The molecule has 2 N–H and O–H groups in total. The summed E-state index contributed by atoms with van der Waals surface area (Å²) < 4.78 is 4.57. The van der Waals surface area contributed by atoms with Gasteiger partial charge in [-0.2, -0.15) is 0 Å². The number of carbonyl (C=O) groups excluding carboxylic acids is 2. The van der Waals surface area contributed by atoms with Gasteiger partial charge < -0.3 is 15.4 Å². The Balaban J connectivity index is 2.06. The number of carbonyl (C=O) groups is 2. The standard InChI is InChI=1S/C16H20N4O3S/c1-10(2)7-12(19-16(22)23-3)14(21)20-15-18-13(9-24-15)11-5-4-6-17-8-11/h4-6,8-10,12H,7H2,1-3H3,(H,19,22)(H,18,20,21)/t12-/m0/s1. The molecule has 0 saturated heterocycles. The zero-order chi connectivity index (χ0) is 17.5. The van der Waals surface area contributed by atoms with Crippen LogP contribution in [0.3, 0.4) is 0 Å². The summed E-state index contributed by atoms with van der Waals surface area (Å²) in [5.41, 5.74) is 1.62. The molecule has 8 heteroatoms. The predicted molar refractivity (Wildman–Crippen MR) is 92.8 cm³/mol. The highest BCUT2D eigenvalue weighted by Gasteiger charge is 2.23. The van der Waals surface area contributed by atoms with Crippen molar-refractivity contribution in [1.29, 1.82) is 0 Å². The van der Waals surface area contributed by atoms with E-state index in [0.29, 0.717) is 11.6 Å². The smallest absolute Gasteiger partial charge is 0.407 e. The number of anilines is 1. The van der Waals surface area contributed by atoms with Gasteiger partial charge in [0.2, 0.25) is 5.91 Å². The highest BCUT2D eigenvalue weighted by molar-refractivity contribution is 7.14. The van der Waals surface area contributed by atoms with E-state index >= 15 is 0 Å². The quantitative estimate of drug-likeness (QED) is 0.837. The second-order valence-corrected chi connectivity index (χ2v) is 6.45. The number of nitrogens with one attached hydrogen (secondary N) is 2. The molecule has 24 heavy (non-hydrogen) atoms. The van der Waals surface area contributed by atoms with Crippen LogP contribution in [0.4, 0.5) is 9.93 Å². The Bertz CT molecular complexity index is 688. The Labute approximate surface area is 144 Å². The van der Waals surface area contributed by atoms with E-state index in [-0.39, 0.29) is 11.8 Å². The first-order valence-corrected chi connectivity index (χ1v) is 8.38. The summed E-state index contributed by atoms with van der Waals surface area (Å²) in [6, 6.07) is 3.04. The largest absolute Gasteiger partial charge is 0.453 e. The second-order valence-electron chi connectivity index (χ2n) is 5.59. The minimum absolute atomic E-state index is 0.236. The lowest BCUT2D eigenvalue weighted by Gasteiger charge is -2.18. The van der Waals surface area contributed by atoms with Gasteiger partial charge >= 0.3 is 6.09 Å². The molecule has 0 aliphatic heterocycles. The maximum absolute atomic E-state index is 12.4. The maximum atomic E-state index is 12.4. The van der Waals surface area contributed by atoms with Crippen LogP contribution in [0.15, 0.2) is 29.9 Å². The summed E-state index contributed by atoms with van der Waals surface area (Å²) in [5.74, 6) is -0.0821. The molecule has 2 aromatic rings. The van der Waals surface area contributed by atoms with Gasteiger partial charge in [0.15, 0.2) is 5.13 Å². The summed E-state index contributed by atoms with van der Waals surface area (Å²) >= 11 is 1.32. The first-order valence-electron chi connectivity index (χ1n) is 7.51. The summed E-state index contributed by atoms with van der Waals surface area (Å²) in [6.07, 6.45) is 3.27. The lowest BCUT2D eigenvalue weighted by molar-refractivity contribution is -0.118. The van der Waals surface area contributed by atoms with E-state index in [1.54, 1.807) is 12.4 Å². The number of alkyl carbamates (subject to hydrolysis) is 1. The van der Waals surface area contributed by atoms with E-state index in [1.807, 2.05) is 31.4 Å². The summed E-state index contributed by atoms with van der Waals surface area (Å²) in [4.78, 5) is 32.3. The molecule has 2 rings (SSSR count). The van der Waals surface area contributed by atoms with Gasteiger partial charge in [0.05, 0.1) is 12.8 Å². The average Bonchev–Trinajstić information content (AvgIpc) is 3.03. The third-order valence-corrected chi connectivity index (χ3v) is 3.95. The zero-order valence-electron chi connectivity index (χ0n) is 13.8. The lowest BCUT2D eigenvalue weighted by Crippen LogP contribution is -2.44. The maximum Gasteiger partial charge on any atom is 0.407 e. The number of hydrogen-bond acceptors (Lipinski definition) is 6. The molecule has 2 amide bonds. The Hall–Kier alpha value is -2.48.